The summed E-state index contributed by atoms with van der Waals surface area (Å²) in [7, 11) is 2.95. The van der Waals surface area contributed by atoms with E-state index in [0.29, 0.717) is 6.54 Å². The molecule has 0 saturated heterocycles. The van der Waals surface area contributed by atoms with E-state index in [4.69, 9.17) is 0 Å². The number of amides is 1. The molecule has 1 aromatic carbocycles. The molecule has 0 fully saturated rings. The Morgan fingerprint density at radius 1 is 1.15 bits per heavy atom. The van der Waals surface area contributed by atoms with Gasteiger partial charge < -0.3 is 9.88 Å². The molecule has 0 aliphatic rings. The van der Waals surface area contributed by atoms with E-state index in [9.17, 15) is 14.4 Å². The molecule has 1 N–H and O–H groups in total. The predicted octanol–water partition coefficient (Wildman–Crippen LogP) is 0.354. The molecule has 1 amide bonds. The molecule has 0 radical (unpaired) electrons. The van der Waals surface area contributed by atoms with Crippen molar-refractivity contribution >= 4 is 17.1 Å². The van der Waals surface area contributed by atoms with Crippen LogP contribution in [-0.2, 0) is 25.4 Å². The quantitative estimate of drug-likeness (QED) is 0.715. The van der Waals surface area contributed by atoms with Crippen molar-refractivity contribution in [2.45, 2.75) is 19.4 Å². The molecule has 0 saturated carbocycles. The summed E-state index contributed by atoms with van der Waals surface area (Å²) < 4.78 is 3.78. The minimum atomic E-state index is -0.467. The van der Waals surface area contributed by atoms with Gasteiger partial charge in [-0.15, -0.1) is 0 Å². The van der Waals surface area contributed by atoms with Crippen molar-refractivity contribution in [2.24, 2.45) is 14.1 Å². The number of fused-ring (bicyclic) bond motifs is 1. The minimum Gasteiger partial charge on any atom is -0.354 e. The van der Waals surface area contributed by atoms with Crippen molar-refractivity contribution in [1.82, 2.24) is 24.0 Å². The van der Waals surface area contributed by atoms with Gasteiger partial charge in [0.15, 0.2) is 11.2 Å². The number of nitrogens with one attached hydrogen (secondary N) is 1. The number of aromatic nitrogens is 4. The van der Waals surface area contributed by atoms with Crippen molar-refractivity contribution in [2.75, 3.05) is 6.54 Å². The maximum absolute atomic E-state index is 12.4. The summed E-state index contributed by atoms with van der Waals surface area (Å²) in [5.41, 5.74) is 0.731. The highest BCUT2D eigenvalue weighted by atomic mass is 16.2. The maximum atomic E-state index is 12.4. The molecule has 8 nitrogen and oxygen atoms in total. The molecule has 1 unspecified atom stereocenters. The topological polar surface area (TPSA) is 90.9 Å². The first-order chi connectivity index (χ1) is 12.4. The van der Waals surface area contributed by atoms with E-state index in [-0.39, 0.29) is 29.5 Å². The molecular weight excluding hydrogens is 334 g/mol. The number of rotatable bonds is 5. The number of carbonyl (C=O) groups is 1. The van der Waals surface area contributed by atoms with Crippen LogP contribution in [0, 0.1) is 0 Å². The molecule has 3 aromatic rings. The molecular formula is C18H21N5O3. The summed E-state index contributed by atoms with van der Waals surface area (Å²) >= 11 is 0. The van der Waals surface area contributed by atoms with Crippen LogP contribution < -0.4 is 16.6 Å². The average Bonchev–Trinajstić information content (AvgIpc) is 3.07. The number of aryl methyl sites for hydroxylation is 1. The Labute approximate surface area is 149 Å². The number of imidazole rings is 1. The molecule has 2 aromatic heterocycles. The third kappa shape index (κ3) is 3.17. The van der Waals surface area contributed by atoms with Gasteiger partial charge in [0.2, 0.25) is 5.91 Å². The second-order valence-electron chi connectivity index (χ2n) is 6.37. The molecule has 0 bridgehead atoms. The average molecular weight is 355 g/mol. The van der Waals surface area contributed by atoms with E-state index in [1.54, 1.807) is 7.05 Å². The maximum Gasteiger partial charge on any atom is 0.332 e. The zero-order chi connectivity index (χ0) is 18.8. The number of hydrogen-bond acceptors (Lipinski definition) is 4. The standard InChI is InChI=1S/C18H21N5O3/c1-12(13-7-5-4-6-8-13)9-19-14(24)10-23-11-20-16-15(23)17(25)22(3)18(26)21(16)2/h4-8,11-12H,9-10H2,1-3H3,(H,19,24). The summed E-state index contributed by atoms with van der Waals surface area (Å²) in [5.74, 6) is -0.0450. The van der Waals surface area contributed by atoms with Gasteiger partial charge in [-0.1, -0.05) is 37.3 Å². The monoisotopic (exact) mass is 355 g/mol. The summed E-state index contributed by atoms with van der Waals surface area (Å²) in [5, 5.41) is 2.88. The molecule has 8 heteroatoms. The lowest BCUT2D eigenvalue weighted by Gasteiger charge is -2.13. The molecule has 1 atom stereocenters. The smallest absolute Gasteiger partial charge is 0.332 e. The SMILES string of the molecule is CC(CNC(=O)Cn1cnc2c1c(=O)n(C)c(=O)n2C)c1ccccc1. The predicted molar refractivity (Wildman–Crippen MR) is 98.1 cm³/mol. The third-order valence-electron chi connectivity index (χ3n) is 4.51. The number of benzene rings is 1. The van der Waals surface area contributed by atoms with Crippen LogP contribution in [0.15, 0.2) is 46.2 Å². The fourth-order valence-electron chi connectivity index (χ4n) is 2.89. The zero-order valence-electron chi connectivity index (χ0n) is 15.0. The van der Waals surface area contributed by atoms with Gasteiger partial charge >= 0.3 is 5.69 Å². The summed E-state index contributed by atoms with van der Waals surface area (Å²) in [6, 6.07) is 9.91. The van der Waals surface area contributed by atoms with E-state index < -0.39 is 11.2 Å². The highest BCUT2D eigenvalue weighted by Gasteiger charge is 2.16. The van der Waals surface area contributed by atoms with Gasteiger partial charge in [0.05, 0.1) is 6.33 Å². The van der Waals surface area contributed by atoms with Gasteiger partial charge in [-0.2, -0.15) is 0 Å². The van der Waals surface area contributed by atoms with Crippen LogP contribution in [0.5, 0.6) is 0 Å². The Morgan fingerprint density at radius 2 is 1.85 bits per heavy atom. The molecule has 0 aliphatic carbocycles. The van der Waals surface area contributed by atoms with Crippen LogP contribution in [0.3, 0.4) is 0 Å². The highest BCUT2D eigenvalue weighted by molar-refractivity contribution is 5.78. The summed E-state index contributed by atoms with van der Waals surface area (Å²) in [4.78, 5) is 40.7. The lowest BCUT2D eigenvalue weighted by atomic mass is 10.0. The van der Waals surface area contributed by atoms with Crippen molar-refractivity contribution in [3.63, 3.8) is 0 Å². The van der Waals surface area contributed by atoms with Gasteiger partial charge in [-0.05, 0) is 11.5 Å². The fraction of sp³-hybridized carbons (Fsp3) is 0.333. The van der Waals surface area contributed by atoms with Crippen LogP contribution >= 0.6 is 0 Å². The normalized spacial score (nSPS) is 12.3. The Kier molecular flexibility index (Phi) is 4.75. The van der Waals surface area contributed by atoms with E-state index in [0.717, 1.165) is 10.1 Å². The third-order valence-corrected chi connectivity index (χ3v) is 4.51. The number of nitrogens with zero attached hydrogens (tertiary/aromatic N) is 4. The van der Waals surface area contributed by atoms with E-state index in [2.05, 4.69) is 10.3 Å². The van der Waals surface area contributed by atoms with Crippen LogP contribution in [0.25, 0.3) is 11.2 Å². The van der Waals surface area contributed by atoms with E-state index in [1.807, 2.05) is 37.3 Å². The van der Waals surface area contributed by atoms with Crippen molar-refractivity contribution in [3.8, 4) is 0 Å². The summed E-state index contributed by atoms with van der Waals surface area (Å²) in [6.45, 7) is 2.49. The molecule has 136 valence electrons. The van der Waals surface area contributed by atoms with E-state index >= 15 is 0 Å². The second-order valence-corrected chi connectivity index (χ2v) is 6.37. The Bertz CT molecular complexity index is 1060. The first-order valence-corrected chi connectivity index (χ1v) is 8.32. The zero-order valence-corrected chi connectivity index (χ0v) is 15.0. The molecule has 0 spiro atoms. The fourth-order valence-corrected chi connectivity index (χ4v) is 2.89. The first-order valence-electron chi connectivity index (χ1n) is 8.32. The largest absolute Gasteiger partial charge is 0.354 e. The molecule has 2 heterocycles. The molecule has 26 heavy (non-hydrogen) atoms. The van der Waals surface area contributed by atoms with Crippen LogP contribution in [-0.4, -0.2) is 31.1 Å². The van der Waals surface area contributed by atoms with Gasteiger partial charge in [0, 0.05) is 20.6 Å². The van der Waals surface area contributed by atoms with Gasteiger partial charge in [0.25, 0.3) is 5.56 Å². The summed E-state index contributed by atoms with van der Waals surface area (Å²) in [6.07, 6.45) is 1.41. The molecule has 3 rings (SSSR count). The Morgan fingerprint density at radius 3 is 2.54 bits per heavy atom. The van der Waals surface area contributed by atoms with Gasteiger partial charge in [0.1, 0.15) is 6.54 Å². The minimum absolute atomic E-state index is 0.0363. The first kappa shape index (κ1) is 17.7. The Hall–Kier alpha value is -3.16. The number of hydrogen-bond donors (Lipinski definition) is 1. The molecule has 0 aliphatic heterocycles. The Balaban J connectivity index is 1.76. The lowest BCUT2D eigenvalue weighted by molar-refractivity contribution is -0.121. The number of carbonyl (C=O) groups excluding carboxylic acids is 1. The highest BCUT2D eigenvalue weighted by Crippen LogP contribution is 2.13. The van der Waals surface area contributed by atoms with Gasteiger partial charge in [-0.3, -0.25) is 18.7 Å². The van der Waals surface area contributed by atoms with Crippen molar-refractivity contribution in [1.29, 1.82) is 0 Å². The lowest BCUT2D eigenvalue weighted by Crippen LogP contribution is -2.38. The van der Waals surface area contributed by atoms with Crippen molar-refractivity contribution in [3.05, 3.63) is 63.1 Å². The van der Waals surface area contributed by atoms with Crippen LogP contribution in [0.1, 0.15) is 18.4 Å². The van der Waals surface area contributed by atoms with Gasteiger partial charge in [-0.25, -0.2) is 9.78 Å². The van der Waals surface area contributed by atoms with Crippen LogP contribution in [0.4, 0.5) is 0 Å². The van der Waals surface area contributed by atoms with Crippen molar-refractivity contribution < 1.29 is 4.79 Å². The van der Waals surface area contributed by atoms with E-state index in [1.165, 1.54) is 22.5 Å². The second kappa shape index (κ2) is 6.99. The van der Waals surface area contributed by atoms with Crippen LogP contribution in [0.2, 0.25) is 0 Å².